The predicted octanol–water partition coefficient (Wildman–Crippen LogP) is 5.60. The van der Waals surface area contributed by atoms with Gasteiger partial charge in [0.25, 0.3) is 0 Å². The highest BCUT2D eigenvalue weighted by molar-refractivity contribution is 9.08. The minimum Gasteiger partial charge on any atom is -0.203 e. The summed E-state index contributed by atoms with van der Waals surface area (Å²) in [5, 5.41) is 0.328. The molecule has 0 aliphatic rings. The third kappa shape index (κ3) is 2.42. The summed E-state index contributed by atoms with van der Waals surface area (Å²) in [6, 6.07) is 4.05. The minimum absolute atomic E-state index is 0.106. The Morgan fingerprint density at radius 2 is 1.35 bits per heavy atom. The van der Waals surface area contributed by atoms with Crippen LogP contribution in [0.15, 0.2) is 18.2 Å². The van der Waals surface area contributed by atoms with Gasteiger partial charge in [-0.15, -0.1) is 0 Å². The van der Waals surface area contributed by atoms with E-state index in [1.165, 1.54) is 18.2 Å². The first-order chi connectivity index (χ1) is 9.38. The fourth-order valence-corrected chi connectivity index (χ4v) is 2.33. The van der Waals surface area contributed by atoms with Crippen LogP contribution in [0.3, 0.4) is 0 Å². The van der Waals surface area contributed by atoms with Crippen LogP contribution in [0.4, 0.5) is 22.0 Å². The van der Waals surface area contributed by atoms with Crippen molar-refractivity contribution in [3.05, 3.63) is 57.9 Å². The van der Waals surface area contributed by atoms with Gasteiger partial charge in [-0.05, 0) is 11.6 Å². The molecule has 0 aliphatic heterocycles. The highest BCUT2D eigenvalue weighted by Gasteiger charge is 2.27. The lowest BCUT2D eigenvalue weighted by molar-refractivity contribution is 0.381. The summed E-state index contributed by atoms with van der Waals surface area (Å²) in [5.41, 5.74) is -0.598. The summed E-state index contributed by atoms with van der Waals surface area (Å²) < 4.78 is 66.6. The Morgan fingerprint density at radius 3 is 1.80 bits per heavy atom. The Labute approximate surface area is 124 Å². The summed E-state index contributed by atoms with van der Waals surface area (Å²) in [4.78, 5) is 0. The van der Waals surface area contributed by atoms with Gasteiger partial charge in [0.05, 0.1) is 5.56 Å². The molecule has 0 amide bonds. The van der Waals surface area contributed by atoms with Gasteiger partial charge in [0.1, 0.15) is 0 Å². The van der Waals surface area contributed by atoms with Gasteiger partial charge in [0, 0.05) is 15.9 Å². The van der Waals surface area contributed by atoms with Crippen molar-refractivity contribution >= 4 is 27.5 Å². The smallest absolute Gasteiger partial charge is 0.200 e. The van der Waals surface area contributed by atoms with E-state index in [4.69, 9.17) is 11.6 Å². The van der Waals surface area contributed by atoms with Gasteiger partial charge in [-0.1, -0.05) is 39.7 Å². The van der Waals surface area contributed by atoms with Crippen LogP contribution in [-0.2, 0) is 5.33 Å². The van der Waals surface area contributed by atoms with Crippen molar-refractivity contribution in [2.24, 2.45) is 0 Å². The van der Waals surface area contributed by atoms with E-state index >= 15 is 0 Å². The first kappa shape index (κ1) is 15.3. The molecule has 20 heavy (non-hydrogen) atoms. The normalized spacial score (nSPS) is 10.9. The monoisotopic (exact) mass is 370 g/mol. The van der Waals surface area contributed by atoms with Crippen LogP contribution in [0.2, 0.25) is 5.02 Å². The summed E-state index contributed by atoms with van der Waals surface area (Å²) in [6.07, 6.45) is 0. The number of hydrogen-bond donors (Lipinski definition) is 0. The Bertz CT molecular complexity index is 658. The number of rotatable bonds is 2. The van der Waals surface area contributed by atoms with Crippen LogP contribution in [0.1, 0.15) is 5.56 Å². The van der Waals surface area contributed by atoms with E-state index < -0.39 is 34.6 Å². The lowest BCUT2D eigenvalue weighted by Crippen LogP contribution is -2.04. The lowest BCUT2D eigenvalue weighted by atomic mass is 10.0. The number of benzene rings is 2. The molecule has 2 aromatic rings. The van der Waals surface area contributed by atoms with Crippen molar-refractivity contribution in [1.29, 1.82) is 0 Å². The molecule has 2 rings (SSSR count). The maximum atomic E-state index is 13.7. The topological polar surface area (TPSA) is 0 Å². The molecule has 0 aromatic heterocycles. The second kappa shape index (κ2) is 5.69. The molecular weight excluding hydrogens is 366 g/mol. The molecule has 0 radical (unpaired) electrons. The van der Waals surface area contributed by atoms with Crippen molar-refractivity contribution < 1.29 is 22.0 Å². The fraction of sp³-hybridized carbons (Fsp3) is 0.0769. The second-order valence-corrected chi connectivity index (χ2v) is 4.86. The molecule has 0 saturated heterocycles. The van der Waals surface area contributed by atoms with E-state index in [0.29, 0.717) is 10.9 Å². The summed E-state index contributed by atoms with van der Waals surface area (Å²) in [6.45, 7) is 0. The Balaban J connectivity index is 2.76. The van der Waals surface area contributed by atoms with E-state index in [-0.39, 0.29) is 10.6 Å². The van der Waals surface area contributed by atoms with Gasteiger partial charge in [-0.2, -0.15) is 0 Å². The predicted molar refractivity (Wildman–Crippen MR) is 69.3 cm³/mol. The quantitative estimate of drug-likeness (QED) is 0.279. The van der Waals surface area contributed by atoms with Crippen molar-refractivity contribution in [3.8, 4) is 11.1 Å². The van der Waals surface area contributed by atoms with Gasteiger partial charge >= 0.3 is 0 Å². The van der Waals surface area contributed by atoms with Crippen LogP contribution < -0.4 is 0 Å². The first-order valence-electron chi connectivity index (χ1n) is 5.24. The van der Waals surface area contributed by atoms with Gasteiger partial charge in [0.2, 0.25) is 5.82 Å². The number of hydrogen-bond acceptors (Lipinski definition) is 0. The molecule has 0 saturated carbocycles. The summed E-state index contributed by atoms with van der Waals surface area (Å²) >= 11 is 9.00. The number of alkyl halides is 1. The van der Waals surface area contributed by atoms with Crippen LogP contribution in [-0.4, -0.2) is 0 Å². The standard InChI is InChI=1S/C13H5BrClF5/c14-4-5-1-2-6(7(15)3-5)8-9(16)11(18)13(20)12(19)10(8)17/h1-3H,4H2. The van der Waals surface area contributed by atoms with Crippen LogP contribution in [0.25, 0.3) is 11.1 Å². The molecule has 2 aromatic carbocycles. The molecule has 0 fully saturated rings. The summed E-state index contributed by atoms with van der Waals surface area (Å²) in [5.74, 6) is -10.0. The molecule has 0 aliphatic carbocycles. The largest absolute Gasteiger partial charge is 0.203 e. The average Bonchev–Trinajstić information content (AvgIpc) is 2.44. The van der Waals surface area contributed by atoms with E-state index in [0.717, 1.165) is 0 Å². The second-order valence-electron chi connectivity index (χ2n) is 3.89. The zero-order chi connectivity index (χ0) is 15.0. The third-order valence-electron chi connectivity index (χ3n) is 2.67. The maximum Gasteiger partial charge on any atom is 0.200 e. The molecule has 0 heterocycles. The highest BCUT2D eigenvalue weighted by Crippen LogP contribution is 2.36. The molecule has 0 unspecified atom stereocenters. The molecule has 0 spiro atoms. The Kier molecular flexibility index (Phi) is 4.34. The van der Waals surface area contributed by atoms with E-state index in [1.54, 1.807) is 0 Å². The summed E-state index contributed by atoms with van der Waals surface area (Å²) in [7, 11) is 0. The highest BCUT2D eigenvalue weighted by atomic mass is 79.9. The van der Waals surface area contributed by atoms with Gasteiger partial charge in [-0.25, -0.2) is 22.0 Å². The molecule has 7 heteroatoms. The van der Waals surface area contributed by atoms with Crippen molar-refractivity contribution in [2.45, 2.75) is 5.33 Å². The Morgan fingerprint density at radius 1 is 0.850 bits per heavy atom. The van der Waals surface area contributed by atoms with E-state index in [2.05, 4.69) is 15.9 Å². The zero-order valence-corrected chi connectivity index (χ0v) is 11.9. The fourth-order valence-electron chi connectivity index (χ4n) is 1.69. The van der Waals surface area contributed by atoms with Gasteiger partial charge in [0.15, 0.2) is 23.3 Å². The van der Waals surface area contributed by atoms with Gasteiger partial charge < -0.3 is 0 Å². The van der Waals surface area contributed by atoms with Gasteiger partial charge in [-0.3, -0.25) is 0 Å². The van der Waals surface area contributed by atoms with Crippen LogP contribution >= 0.6 is 27.5 Å². The van der Waals surface area contributed by atoms with Crippen LogP contribution in [0.5, 0.6) is 0 Å². The van der Waals surface area contributed by atoms with Crippen LogP contribution in [0, 0.1) is 29.1 Å². The zero-order valence-electron chi connectivity index (χ0n) is 9.58. The molecule has 0 N–H and O–H groups in total. The molecule has 0 bridgehead atoms. The van der Waals surface area contributed by atoms with E-state index in [9.17, 15) is 22.0 Å². The number of halogens is 7. The first-order valence-corrected chi connectivity index (χ1v) is 6.74. The van der Waals surface area contributed by atoms with Crippen molar-refractivity contribution in [2.75, 3.05) is 0 Å². The lowest BCUT2D eigenvalue weighted by Gasteiger charge is -2.10. The minimum atomic E-state index is -2.20. The maximum absolute atomic E-state index is 13.7. The Hall–Kier alpha value is -1.14. The van der Waals surface area contributed by atoms with E-state index in [1.807, 2.05) is 0 Å². The average molecular weight is 372 g/mol. The SMILES string of the molecule is Fc1c(F)c(F)c(-c2ccc(CBr)cc2Cl)c(F)c1F. The third-order valence-corrected chi connectivity index (χ3v) is 3.63. The van der Waals surface area contributed by atoms with Crippen molar-refractivity contribution in [3.63, 3.8) is 0 Å². The molecule has 106 valence electrons. The molecule has 0 nitrogen and oxygen atoms in total. The van der Waals surface area contributed by atoms with Crippen molar-refractivity contribution in [1.82, 2.24) is 0 Å². The molecule has 0 atom stereocenters. The molecular formula is C13H5BrClF5.